The molecule has 0 saturated heterocycles. The molecule has 0 heterocycles. The van der Waals surface area contributed by atoms with Gasteiger partial charge in [-0.3, -0.25) is 10.1 Å². The number of rotatable bonds is 9. The number of carbonyl (C=O) groups is 1. The van der Waals surface area contributed by atoms with Gasteiger partial charge in [0.25, 0.3) is 0 Å². The van der Waals surface area contributed by atoms with Crippen LogP contribution < -0.4 is 5.32 Å². The number of fused-ring (bicyclic) bond motifs is 3. The minimum atomic E-state index is -0.811. The Hall–Kier alpha value is -2.17. The molecule has 0 bridgehead atoms. The third kappa shape index (κ3) is 3.91. The maximum Gasteiger partial charge on any atom is 0.320 e. The molecule has 0 aromatic heterocycles. The third-order valence-corrected chi connectivity index (χ3v) is 4.82. The lowest BCUT2D eigenvalue weighted by atomic mass is 9.98. The van der Waals surface area contributed by atoms with Gasteiger partial charge in [-0.25, -0.2) is 0 Å². The standard InChI is InChI=1S/C21H25NO3/c1-2-3-12-20(21(23)24)22-14-25-13-19-17-10-6-4-8-15(17)16-9-5-7-11-18(16)19/h4-11,19-20,22H,2-3,12-14H2,1H3,(H,23,24)/t20-/m0/s1. The maximum absolute atomic E-state index is 11.3. The van der Waals surface area contributed by atoms with Crippen LogP contribution in [0.3, 0.4) is 0 Å². The van der Waals surface area contributed by atoms with E-state index in [2.05, 4.69) is 60.8 Å². The smallest absolute Gasteiger partial charge is 0.320 e. The lowest BCUT2D eigenvalue weighted by Crippen LogP contribution is -2.38. The zero-order chi connectivity index (χ0) is 17.6. The average Bonchev–Trinajstić information content (AvgIpc) is 2.95. The molecule has 0 radical (unpaired) electrons. The summed E-state index contributed by atoms with van der Waals surface area (Å²) in [6, 6.07) is 16.3. The molecule has 0 unspecified atom stereocenters. The predicted molar refractivity (Wildman–Crippen MR) is 98.6 cm³/mol. The van der Waals surface area contributed by atoms with Crippen molar-refractivity contribution in [3.05, 3.63) is 59.7 Å². The molecule has 2 N–H and O–H groups in total. The Labute approximate surface area is 148 Å². The molecule has 1 aliphatic carbocycles. The Morgan fingerprint density at radius 1 is 1.12 bits per heavy atom. The number of carboxylic acids is 1. The van der Waals surface area contributed by atoms with Gasteiger partial charge in [0.1, 0.15) is 6.04 Å². The summed E-state index contributed by atoms with van der Waals surface area (Å²) in [4.78, 5) is 11.3. The van der Waals surface area contributed by atoms with Gasteiger partial charge in [0.2, 0.25) is 0 Å². The Balaban J connectivity index is 1.61. The second kappa shape index (κ2) is 8.28. The fourth-order valence-electron chi connectivity index (χ4n) is 3.50. The molecule has 1 aliphatic rings. The van der Waals surface area contributed by atoms with Crippen molar-refractivity contribution in [1.29, 1.82) is 0 Å². The fraction of sp³-hybridized carbons (Fsp3) is 0.381. The first kappa shape index (κ1) is 17.6. The number of hydrogen-bond acceptors (Lipinski definition) is 3. The molecular weight excluding hydrogens is 314 g/mol. The van der Waals surface area contributed by atoms with Gasteiger partial charge in [-0.15, -0.1) is 0 Å². The highest BCUT2D eigenvalue weighted by Gasteiger charge is 2.28. The molecule has 3 rings (SSSR count). The molecule has 1 atom stereocenters. The van der Waals surface area contributed by atoms with Crippen LogP contribution in [0.1, 0.15) is 43.2 Å². The molecule has 0 aliphatic heterocycles. The lowest BCUT2D eigenvalue weighted by Gasteiger charge is -2.17. The van der Waals surface area contributed by atoms with Gasteiger partial charge in [-0.1, -0.05) is 68.3 Å². The summed E-state index contributed by atoms with van der Waals surface area (Å²) in [5, 5.41) is 12.3. The molecular formula is C21H25NO3. The van der Waals surface area contributed by atoms with Gasteiger partial charge in [0.15, 0.2) is 0 Å². The number of ether oxygens (including phenoxy) is 1. The zero-order valence-electron chi connectivity index (χ0n) is 14.6. The maximum atomic E-state index is 11.3. The van der Waals surface area contributed by atoms with Gasteiger partial charge in [0, 0.05) is 5.92 Å². The van der Waals surface area contributed by atoms with E-state index in [1.807, 2.05) is 0 Å². The van der Waals surface area contributed by atoms with Crippen molar-refractivity contribution < 1.29 is 14.6 Å². The highest BCUT2D eigenvalue weighted by atomic mass is 16.5. The first-order valence-corrected chi connectivity index (χ1v) is 8.94. The number of benzene rings is 2. The van der Waals surface area contributed by atoms with Crippen molar-refractivity contribution in [2.24, 2.45) is 0 Å². The summed E-state index contributed by atoms with van der Waals surface area (Å²) in [5.74, 6) is -0.610. The zero-order valence-corrected chi connectivity index (χ0v) is 14.6. The van der Waals surface area contributed by atoms with Crippen molar-refractivity contribution in [1.82, 2.24) is 5.32 Å². The third-order valence-electron chi connectivity index (χ3n) is 4.82. The Morgan fingerprint density at radius 2 is 1.72 bits per heavy atom. The molecule has 2 aromatic rings. The van der Waals surface area contributed by atoms with Gasteiger partial charge in [-0.2, -0.15) is 0 Å². The van der Waals surface area contributed by atoms with Crippen LogP contribution in [-0.2, 0) is 9.53 Å². The van der Waals surface area contributed by atoms with Crippen molar-refractivity contribution >= 4 is 5.97 Å². The molecule has 0 spiro atoms. The Bertz CT molecular complexity index is 683. The minimum Gasteiger partial charge on any atom is -0.480 e. The van der Waals surface area contributed by atoms with E-state index in [-0.39, 0.29) is 12.6 Å². The van der Waals surface area contributed by atoms with E-state index in [1.54, 1.807) is 0 Å². The van der Waals surface area contributed by atoms with E-state index < -0.39 is 12.0 Å². The molecule has 25 heavy (non-hydrogen) atoms. The predicted octanol–water partition coefficient (Wildman–Crippen LogP) is 4.01. The summed E-state index contributed by atoms with van der Waals surface area (Å²) < 4.78 is 5.82. The summed E-state index contributed by atoms with van der Waals surface area (Å²) in [7, 11) is 0. The fourth-order valence-corrected chi connectivity index (χ4v) is 3.50. The van der Waals surface area contributed by atoms with Gasteiger partial charge in [0.05, 0.1) is 13.3 Å². The number of carboxylic acid groups (broad SMARTS) is 1. The van der Waals surface area contributed by atoms with Crippen LogP contribution in [0.2, 0.25) is 0 Å². The molecule has 0 saturated carbocycles. The SMILES string of the molecule is CCCC[C@H](NCOCC1c2ccccc2-c2ccccc21)C(=O)O. The quantitative estimate of drug-likeness (QED) is 0.535. The molecule has 0 fully saturated rings. The van der Waals surface area contributed by atoms with Crippen LogP contribution in [-0.4, -0.2) is 30.5 Å². The molecule has 4 heteroatoms. The summed E-state index contributed by atoms with van der Waals surface area (Å²) in [6.45, 7) is 2.85. The second-order valence-electron chi connectivity index (χ2n) is 6.48. The first-order chi connectivity index (χ1) is 12.2. The highest BCUT2D eigenvalue weighted by molar-refractivity contribution is 5.78. The second-order valence-corrected chi connectivity index (χ2v) is 6.48. The number of unbranched alkanes of at least 4 members (excludes halogenated alkanes) is 1. The van der Waals surface area contributed by atoms with E-state index in [1.165, 1.54) is 22.3 Å². The first-order valence-electron chi connectivity index (χ1n) is 8.94. The van der Waals surface area contributed by atoms with E-state index in [9.17, 15) is 9.90 Å². The van der Waals surface area contributed by atoms with Gasteiger partial charge in [-0.05, 0) is 28.7 Å². The van der Waals surface area contributed by atoms with Crippen molar-refractivity contribution in [3.63, 3.8) is 0 Å². The summed E-state index contributed by atoms with van der Waals surface area (Å²) in [6.07, 6.45) is 2.51. The monoisotopic (exact) mass is 339 g/mol. The Morgan fingerprint density at radius 3 is 2.28 bits per heavy atom. The number of hydrogen-bond donors (Lipinski definition) is 2. The number of aliphatic carboxylic acids is 1. The van der Waals surface area contributed by atoms with E-state index in [4.69, 9.17) is 4.74 Å². The van der Waals surface area contributed by atoms with Crippen molar-refractivity contribution in [2.75, 3.05) is 13.3 Å². The summed E-state index contributed by atoms with van der Waals surface area (Å²) in [5.41, 5.74) is 5.10. The van der Waals surface area contributed by atoms with Crippen LogP contribution in [0.4, 0.5) is 0 Å². The van der Waals surface area contributed by atoms with Crippen molar-refractivity contribution in [2.45, 2.75) is 38.1 Å². The van der Waals surface area contributed by atoms with E-state index in [0.29, 0.717) is 13.0 Å². The van der Waals surface area contributed by atoms with Crippen LogP contribution in [0.25, 0.3) is 11.1 Å². The normalized spacial score (nSPS) is 14.1. The van der Waals surface area contributed by atoms with Crippen LogP contribution in [0.15, 0.2) is 48.5 Å². The topological polar surface area (TPSA) is 58.6 Å². The van der Waals surface area contributed by atoms with Crippen LogP contribution >= 0.6 is 0 Å². The minimum absolute atomic E-state index is 0.202. The number of nitrogens with one attached hydrogen (secondary N) is 1. The average molecular weight is 339 g/mol. The Kier molecular flexibility index (Phi) is 5.84. The van der Waals surface area contributed by atoms with Crippen LogP contribution in [0.5, 0.6) is 0 Å². The molecule has 4 nitrogen and oxygen atoms in total. The highest BCUT2D eigenvalue weighted by Crippen LogP contribution is 2.44. The van der Waals surface area contributed by atoms with Gasteiger partial charge < -0.3 is 9.84 Å². The molecule has 2 aromatic carbocycles. The summed E-state index contributed by atoms with van der Waals surface area (Å²) >= 11 is 0. The van der Waals surface area contributed by atoms with Crippen LogP contribution in [0, 0.1) is 0 Å². The van der Waals surface area contributed by atoms with E-state index in [0.717, 1.165) is 12.8 Å². The molecule has 0 amide bonds. The van der Waals surface area contributed by atoms with Crippen molar-refractivity contribution in [3.8, 4) is 11.1 Å². The molecule has 132 valence electrons. The largest absolute Gasteiger partial charge is 0.480 e. The lowest BCUT2D eigenvalue weighted by molar-refractivity contribution is -0.140. The van der Waals surface area contributed by atoms with Gasteiger partial charge >= 0.3 is 5.97 Å². The van der Waals surface area contributed by atoms with E-state index >= 15 is 0 Å².